The molecule has 3 aromatic rings. The molecule has 0 aliphatic heterocycles. The minimum Gasteiger partial charge on any atom is -0.318 e. The third-order valence-corrected chi connectivity index (χ3v) is 6.79. The van der Waals surface area contributed by atoms with E-state index >= 15 is 0 Å². The van der Waals surface area contributed by atoms with E-state index in [2.05, 4.69) is 15.1 Å². The number of rotatable bonds is 9. The van der Waals surface area contributed by atoms with Gasteiger partial charge >= 0.3 is 6.18 Å². The van der Waals surface area contributed by atoms with Crippen LogP contribution in [0.2, 0.25) is 0 Å². The Bertz CT molecular complexity index is 1360. The summed E-state index contributed by atoms with van der Waals surface area (Å²) >= 11 is 0. The number of aromatic nitrogens is 2. The van der Waals surface area contributed by atoms with Crippen LogP contribution in [-0.2, 0) is 21.7 Å². The smallest absolute Gasteiger partial charge is 0.318 e. The topological polar surface area (TPSA) is 104 Å². The lowest BCUT2D eigenvalue weighted by molar-refractivity contribution is -0.141. The van der Waals surface area contributed by atoms with Crippen LogP contribution in [0.4, 0.5) is 23.2 Å². The lowest BCUT2D eigenvalue weighted by atomic mass is 9.79. The molecule has 0 radical (unpaired) electrons. The number of sulfonamides is 1. The molecule has 7 nitrogen and oxygen atoms in total. The van der Waals surface area contributed by atoms with E-state index in [4.69, 9.17) is 0 Å². The fourth-order valence-corrected chi connectivity index (χ4v) is 5.12. The normalized spacial score (nSPS) is 15.9. The minimum absolute atomic E-state index is 0.323. The van der Waals surface area contributed by atoms with Crippen molar-refractivity contribution in [3.05, 3.63) is 82.9 Å². The Morgan fingerprint density at radius 1 is 1.08 bits per heavy atom. The molecule has 4 rings (SSSR count). The number of hydrogen-bond acceptors (Lipinski definition) is 4. The van der Waals surface area contributed by atoms with E-state index in [-0.39, 0.29) is 5.69 Å². The van der Waals surface area contributed by atoms with Crippen LogP contribution in [0.3, 0.4) is 0 Å². The number of halogens is 4. The maximum Gasteiger partial charge on any atom is 0.432 e. The van der Waals surface area contributed by atoms with Gasteiger partial charge < -0.3 is 5.32 Å². The number of carbonyl (C=O) groups excluding carboxylic acids is 1. The molecule has 36 heavy (non-hydrogen) atoms. The first-order chi connectivity index (χ1) is 16.9. The van der Waals surface area contributed by atoms with Crippen LogP contribution in [0.25, 0.3) is 0 Å². The molecule has 1 fully saturated rings. The van der Waals surface area contributed by atoms with Crippen LogP contribution >= 0.6 is 0 Å². The molecule has 0 bridgehead atoms. The highest BCUT2D eigenvalue weighted by Crippen LogP contribution is 2.42. The maximum atomic E-state index is 14.7. The number of carbonyl (C=O) groups is 1. The largest absolute Gasteiger partial charge is 0.432 e. The Balaban J connectivity index is 1.74. The van der Waals surface area contributed by atoms with E-state index in [1.807, 2.05) is 0 Å². The lowest BCUT2D eigenvalue weighted by Gasteiger charge is -2.36. The molecule has 1 aliphatic carbocycles. The van der Waals surface area contributed by atoms with Gasteiger partial charge in [-0.05, 0) is 42.0 Å². The number of amides is 1. The van der Waals surface area contributed by atoms with Crippen LogP contribution < -0.4 is 10.0 Å². The molecule has 2 aromatic carbocycles. The number of aromatic amines is 1. The average Bonchev–Trinajstić information content (AvgIpc) is 3.49. The van der Waals surface area contributed by atoms with Crippen LogP contribution in [0.1, 0.15) is 53.0 Å². The molecular weight excluding hydrogens is 500 g/mol. The van der Waals surface area contributed by atoms with Gasteiger partial charge in [-0.15, -0.1) is 0 Å². The summed E-state index contributed by atoms with van der Waals surface area (Å²) in [5, 5.41) is 7.35. The van der Waals surface area contributed by atoms with Crippen molar-refractivity contribution in [3.63, 3.8) is 0 Å². The Morgan fingerprint density at radius 3 is 2.36 bits per heavy atom. The van der Waals surface area contributed by atoms with Crippen molar-refractivity contribution < 1.29 is 30.8 Å². The van der Waals surface area contributed by atoms with E-state index in [1.54, 1.807) is 35.4 Å². The van der Waals surface area contributed by atoms with E-state index < -0.39 is 44.9 Å². The summed E-state index contributed by atoms with van der Waals surface area (Å²) in [6.45, 7) is 0. The van der Waals surface area contributed by atoms with Crippen LogP contribution in [0.5, 0.6) is 0 Å². The lowest BCUT2D eigenvalue weighted by Crippen LogP contribution is -2.46. The third-order valence-electron chi connectivity index (χ3n) is 6.07. The molecule has 1 aromatic heterocycles. The van der Waals surface area contributed by atoms with Gasteiger partial charge in [0.25, 0.3) is 5.91 Å². The first-order valence-electron chi connectivity index (χ1n) is 11.2. The van der Waals surface area contributed by atoms with E-state index in [9.17, 15) is 30.8 Å². The molecule has 0 saturated heterocycles. The highest BCUT2D eigenvalue weighted by atomic mass is 32.2. The van der Waals surface area contributed by atoms with Crippen molar-refractivity contribution in [1.82, 2.24) is 14.9 Å². The second-order valence-electron chi connectivity index (χ2n) is 8.94. The van der Waals surface area contributed by atoms with Crippen molar-refractivity contribution >= 4 is 21.6 Å². The fourth-order valence-electron chi connectivity index (χ4n) is 4.15. The molecule has 1 heterocycles. The van der Waals surface area contributed by atoms with Crippen LogP contribution in [-0.4, -0.2) is 30.8 Å². The fraction of sp³-hybridized carbons (Fsp3) is 0.333. The predicted octanol–water partition coefficient (Wildman–Crippen LogP) is 4.80. The summed E-state index contributed by atoms with van der Waals surface area (Å²) in [5.74, 6) is -1.45. The summed E-state index contributed by atoms with van der Waals surface area (Å²) in [4.78, 5) is 12.6. The number of alkyl halides is 3. The monoisotopic (exact) mass is 524 g/mol. The van der Waals surface area contributed by atoms with Crippen LogP contribution in [0.15, 0.2) is 54.6 Å². The molecule has 1 atom stereocenters. The van der Waals surface area contributed by atoms with Gasteiger partial charge in [0.2, 0.25) is 10.0 Å². The number of nitrogens with one attached hydrogen (secondary N) is 3. The average molecular weight is 525 g/mol. The molecule has 1 unspecified atom stereocenters. The van der Waals surface area contributed by atoms with Gasteiger partial charge in [0.15, 0.2) is 5.69 Å². The molecule has 12 heteroatoms. The zero-order chi connectivity index (χ0) is 26.1. The van der Waals surface area contributed by atoms with Gasteiger partial charge in [-0.25, -0.2) is 17.5 Å². The Morgan fingerprint density at radius 2 is 1.78 bits per heavy atom. The highest BCUT2D eigenvalue weighted by Gasteiger charge is 2.39. The highest BCUT2D eigenvalue weighted by molar-refractivity contribution is 7.88. The quantitative estimate of drug-likeness (QED) is 0.350. The number of anilines is 1. The van der Waals surface area contributed by atoms with E-state index in [1.165, 1.54) is 12.1 Å². The maximum absolute atomic E-state index is 14.7. The summed E-state index contributed by atoms with van der Waals surface area (Å²) in [5.41, 5.74) is -2.39. The van der Waals surface area contributed by atoms with E-state index in [0.29, 0.717) is 36.0 Å². The first kappa shape index (κ1) is 25.8. The van der Waals surface area contributed by atoms with Crippen molar-refractivity contribution in [2.24, 2.45) is 5.92 Å². The summed E-state index contributed by atoms with van der Waals surface area (Å²) in [7, 11) is -3.76. The first-order valence-corrected chi connectivity index (χ1v) is 13.0. The zero-order valence-corrected chi connectivity index (χ0v) is 20.0. The molecular formula is C24H24F4N4O3S. The predicted molar refractivity (Wildman–Crippen MR) is 125 cm³/mol. The summed E-state index contributed by atoms with van der Waals surface area (Å²) in [6, 6.07) is 13.1. The SMILES string of the molecule is CS(=O)(=O)NC(CCC1CC1)(c1ccccc1)c1ccc(F)c(NC(=O)c2cc(C(F)(F)F)[nH]n2)c1. The van der Waals surface area contributed by atoms with E-state index in [0.717, 1.165) is 25.2 Å². The molecule has 0 spiro atoms. The standard InChI is InChI=1S/C24H24F4N4O3S/c1-36(34,35)32-23(12-11-15-7-8-15,16-5-3-2-4-6-16)17-9-10-18(25)19(13-17)29-22(33)20-14-21(31-30-20)24(26,27)28/h2-6,9-10,13-15,32H,7-8,11-12H2,1H3,(H,29,33)(H,30,31). The molecule has 3 N–H and O–H groups in total. The Labute approximate surface area is 205 Å². The van der Waals surface area contributed by atoms with Gasteiger partial charge in [-0.3, -0.25) is 9.89 Å². The third kappa shape index (κ3) is 5.93. The zero-order valence-electron chi connectivity index (χ0n) is 19.2. The van der Waals surface area contributed by atoms with Gasteiger partial charge in [0.1, 0.15) is 11.5 Å². The second kappa shape index (κ2) is 9.66. The number of benzene rings is 2. The molecule has 1 aliphatic rings. The number of H-pyrrole nitrogens is 1. The van der Waals surface area contributed by atoms with Gasteiger partial charge in [0.05, 0.1) is 17.5 Å². The van der Waals surface area contributed by atoms with Gasteiger partial charge in [-0.1, -0.05) is 49.2 Å². The van der Waals surface area contributed by atoms with Crippen molar-refractivity contribution in [2.75, 3.05) is 11.6 Å². The molecule has 1 amide bonds. The molecule has 192 valence electrons. The van der Waals surface area contributed by atoms with Crippen LogP contribution in [0, 0.1) is 11.7 Å². The number of nitrogens with zero attached hydrogens (tertiary/aromatic N) is 1. The van der Waals surface area contributed by atoms with Crippen molar-refractivity contribution in [3.8, 4) is 0 Å². The summed E-state index contributed by atoms with van der Waals surface area (Å²) < 4.78 is 81.0. The number of hydrogen-bond donors (Lipinski definition) is 3. The Hall–Kier alpha value is -3.25. The minimum atomic E-state index is -4.73. The van der Waals surface area contributed by atoms with Crippen molar-refractivity contribution in [1.29, 1.82) is 0 Å². The van der Waals surface area contributed by atoms with Gasteiger partial charge in [-0.2, -0.15) is 18.3 Å². The Kier molecular flexibility index (Phi) is 6.93. The van der Waals surface area contributed by atoms with Gasteiger partial charge in [0, 0.05) is 6.07 Å². The summed E-state index contributed by atoms with van der Waals surface area (Å²) in [6.07, 6.45) is -0.531. The van der Waals surface area contributed by atoms with Crippen molar-refractivity contribution in [2.45, 2.75) is 37.4 Å². The molecule has 1 saturated carbocycles. The second-order valence-corrected chi connectivity index (χ2v) is 10.7.